The first-order valence-electron chi connectivity index (χ1n) is 7.34. The van der Waals surface area contributed by atoms with E-state index in [1.165, 1.54) is 16.3 Å². The second-order valence-corrected chi connectivity index (χ2v) is 5.08. The first kappa shape index (κ1) is 13.7. The molecule has 1 aromatic carbocycles. The lowest BCUT2D eigenvalue weighted by atomic mass is 9.96. The van der Waals surface area contributed by atoms with Gasteiger partial charge in [-0.05, 0) is 35.7 Å². The molecule has 0 amide bonds. The van der Waals surface area contributed by atoms with E-state index < -0.39 is 0 Å². The molecule has 0 bridgehead atoms. The van der Waals surface area contributed by atoms with E-state index >= 15 is 0 Å². The van der Waals surface area contributed by atoms with Crippen LogP contribution in [0.3, 0.4) is 0 Å². The number of nitrogens with one attached hydrogen (secondary N) is 1. The van der Waals surface area contributed by atoms with Crippen LogP contribution in [0.25, 0.3) is 10.8 Å². The van der Waals surface area contributed by atoms with Crippen molar-refractivity contribution in [2.45, 2.75) is 19.4 Å². The maximum Gasteiger partial charge on any atom is 0.0422 e. The SMILES string of the molecule is CCNC(Cc1ccccn1)c1cccc2ccncc12. The molecule has 1 unspecified atom stereocenters. The summed E-state index contributed by atoms with van der Waals surface area (Å²) in [6.07, 6.45) is 6.52. The number of nitrogens with zero attached hydrogens (tertiary/aromatic N) is 2. The average Bonchev–Trinajstić information content (AvgIpc) is 2.55. The van der Waals surface area contributed by atoms with Gasteiger partial charge >= 0.3 is 0 Å². The van der Waals surface area contributed by atoms with E-state index in [9.17, 15) is 0 Å². The van der Waals surface area contributed by atoms with Crippen LogP contribution in [0.15, 0.2) is 61.1 Å². The number of fused-ring (bicyclic) bond motifs is 1. The Morgan fingerprint density at radius 3 is 2.81 bits per heavy atom. The van der Waals surface area contributed by atoms with Crippen molar-refractivity contribution in [2.24, 2.45) is 0 Å². The van der Waals surface area contributed by atoms with Crippen LogP contribution in [-0.4, -0.2) is 16.5 Å². The number of benzene rings is 1. The molecule has 1 N–H and O–H groups in total. The van der Waals surface area contributed by atoms with Crippen LogP contribution in [0.5, 0.6) is 0 Å². The van der Waals surface area contributed by atoms with E-state index in [0.29, 0.717) is 0 Å². The second kappa shape index (κ2) is 6.46. The summed E-state index contributed by atoms with van der Waals surface area (Å²) >= 11 is 0. The number of hydrogen-bond acceptors (Lipinski definition) is 3. The molecule has 0 aliphatic rings. The molecule has 0 radical (unpaired) electrons. The van der Waals surface area contributed by atoms with Gasteiger partial charge in [-0.2, -0.15) is 0 Å². The highest BCUT2D eigenvalue weighted by Crippen LogP contribution is 2.25. The third-order valence-corrected chi connectivity index (χ3v) is 3.68. The van der Waals surface area contributed by atoms with Gasteiger partial charge in [-0.25, -0.2) is 0 Å². The largest absolute Gasteiger partial charge is 0.310 e. The molecule has 0 aliphatic carbocycles. The van der Waals surface area contributed by atoms with Gasteiger partial charge in [0.2, 0.25) is 0 Å². The van der Waals surface area contributed by atoms with Gasteiger partial charge in [-0.1, -0.05) is 31.2 Å². The van der Waals surface area contributed by atoms with Crippen molar-refractivity contribution in [3.63, 3.8) is 0 Å². The fraction of sp³-hybridized carbons (Fsp3) is 0.222. The maximum atomic E-state index is 4.45. The molecule has 3 nitrogen and oxygen atoms in total. The zero-order chi connectivity index (χ0) is 14.5. The number of likely N-dealkylation sites (N-methyl/N-ethyl adjacent to an activating group) is 1. The van der Waals surface area contributed by atoms with Crippen LogP contribution >= 0.6 is 0 Å². The minimum atomic E-state index is 0.248. The molecule has 2 heterocycles. The highest BCUT2D eigenvalue weighted by Gasteiger charge is 2.14. The summed E-state index contributed by atoms with van der Waals surface area (Å²) in [6, 6.07) is 14.8. The lowest BCUT2D eigenvalue weighted by Gasteiger charge is -2.19. The lowest BCUT2D eigenvalue weighted by Crippen LogP contribution is -2.23. The Balaban J connectivity index is 1.99. The van der Waals surface area contributed by atoms with Gasteiger partial charge in [0, 0.05) is 42.1 Å². The second-order valence-electron chi connectivity index (χ2n) is 5.08. The Hall–Kier alpha value is -2.26. The smallest absolute Gasteiger partial charge is 0.0422 e. The maximum absolute atomic E-state index is 4.45. The zero-order valence-corrected chi connectivity index (χ0v) is 12.2. The molecule has 0 saturated heterocycles. The van der Waals surface area contributed by atoms with Gasteiger partial charge in [0.1, 0.15) is 0 Å². The van der Waals surface area contributed by atoms with Gasteiger partial charge in [0.15, 0.2) is 0 Å². The van der Waals surface area contributed by atoms with Crippen molar-refractivity contribution < 1.29 is 0 Å². The van der Waals surface area contributed by atoms with E-state index in [-0.39, 0.29) is 6.04 Å². The van der Waals surface area contributed by atoms with E-state index in [1.807, 2.05) is 30.7 Å². The molecule has 0 aliphatic heterocycles. The quantitative estimate of drug-likeness (QED) is 0.775. The Morgan fingerprint density at radius 2 is 2.00 bits per heavy atom. The molecular weight excluding hydrogens is 258 g/mol. The van der Waals surface area contributed by atoms with Crippen molar-refractivity contribution in [3.05, 3.63) is 72.3 Å². The predicted molar refractivity (Wildman–Crippen MR) is 86.1 cm³/mol. The van der Waals surface area contributed by atoms with Crippen LogP contribution in [0.1, 0.15) is 24.2 Å². The minimum absolute atomic E-state index is 0.248. The number of aromatic nitrogens is 2. The standard InChI is InChI=1S/C18H19N3/c1-2-20-18(12-15-7-3-4-10-21-15)16-8-5-6-14-9-11-19-13-17(14)16/h3-11,13,18,20H,2,12H2,1H3. The summed E-state index contributed by atoms with van der Waals surface area (Å²) in [4.78, 5) is 8.73. The molecule has 21 heavy (non-hydrogen) atoms. The number of pyridine rings is 2. The van der Waals surface area contributed by atoms with E-state index in [4.69, 9.17) is 0 Å². The summed E-state index contributed by atoms with van der Waals surface area (Å²) in [5.74, 6) is 0. The summed E-state index contributed by atoms with van der Waals surface area (Å²) < 4.78 is 0. The molecule has 106 valence electrons. The van der Waals surface area contributed by atoms with Gasteiger partial charge in [0.25, 0.3) is 0 Å². The summed E-state index contributed by atoms with van der Waals surface area (Å²) in [7, 11) is 0. The summed E-state index contributed by atoms with van der Waals surface area (Å²) in [5, 5.41) is 6.01. The molecule has 3 aromatic rings. The van der Waals surface area contributed by atoms with Gasteiger partial charge in [-0.3, -0.25) is 9.97 Å². The lowest BCUT2D eigenvalue weighted by molar-refractivity contribution is 0.547. The Labute approximate surface area is 125 Å². The summed E-state index contributed by atoms with van der Waals surface area (Å²) in [6.45, 7) is 3.06. The minimum Gasteiger partial charge on any atom is -0.310 e. The fourth-order valence-electron chi connectivity index (χ4n) is 2.71. The van der Waals surface area contributed by atoms with E-state index in [2.05, 4.69) is 52.5 Å². The van der Waals surface area contributed by atoms with Gasteiger partial charge < -0.3 is 5.32 Å². The van der Waals surface area contributed by atoms with Crippen LogP contribution in [0.4, 0.5) is 0 Å². The first-order chi connectivity index (χ1) is 10.4. The highest BCUT2D eigenvalue weighted by atomic mass is 14.9. The summed E-state index contributed by atoms with van der Waals surface area (Å²) in [5.41, 5.74) is 2.39. The van der Waals surface area contributed by atoms with Crippen molar-refractivity contribution >= 4 is 10.8 Å². The molecule has 3 heteroatoms. The normalized spacial score (nSPS) is 12.4. The van der Waals surface area contributed by atoms with E-state index in [0.717, 1.165) is 18.7 Å². The number of rotatable bonds is 5. The van der Waals surface area contributed by atoms with Crippen molar-refractivity contribution in [1.82, 2.24) is 15.3 Å². The van der Waals surface area contributed by atoms with Crippen molar-refractivity contribution in [2.75, 3.05) is 6.54 Å². The van der Waals surface area contributed by atoms with E-state index in [1.54, 1.807) is 0 Å². The molecule has 3 rings (SSSR count). The molecular formula is C18H19N3. The van der Waals surface area contributed by atoms with Crippen molar-refractivity contribution in [1.29, 1.82) is 0 Å². The van der Waals surface area contributed by atoms with Gasteiger partial charge in [0.05, 0.1) is 0 Å². The third kappa shape index (κ3) is 3.09. The Morgan fingerprint density at radius 1 is 1.05 bits per heavy atom. The van der Waals surface area contributed by atoms with Crippen molar-refractivity contribution in [3.8, 4) is 0 Å². The van der Waals surface area contributed by atoms with Crippen LogP contribution in [-0.2, 0) is 6.42 Å². The fourth-order valence-corrected chi connectivity index (χ4v) is 2.71. The third-order valence-electron chi connectivity index (χ3n) is 3.68. The topological polar surface area (TPSA) is 37.8 Å². The van der Waals surface area contributed by atoms with Crippen LogP contribution < -0.4 is 5.32 Å². The van der Waals surface area contributed by atoms with Crippen LogP contribution in [0, 0.1) is 0 Å². The Kier molecular flexibility index (Phi) is 4.22. The molecule has 0 fully saturated rings. The highest BCUT2D eigenvalue weighted by molar-refractivity contribution is 5.85. The monoisotopic (exact) mass is 277 g/mol. The molecule has 0 spiro atoms. The Bertz CT molecular complexity index is 704. The predicted octanol–water partition coefficient (Wildman–Crippen LogP) is 3.52. The average molecular weight is 277 g/mol. The molecule has 1 atom stereocenters. The molecule has 0 saturated carbocycles. The van der Waals surface area contributed by atoms with Gasteiger partial charge in [-0.15, -0.1) is 0 Å². The molecule has 2 aromatic heterocycles. The van der Waals surface area contributed by atoms with Crippen LogP contribution in [0.2, 0.25) is 0 Å². The first-order valence-corrected chi connectivity index (χ1v) is 7.34. The zero-order valence-electron chi connectivity index (χ0n) is 12.2. The number of hydrogen-bond donors (Lipinski definition) is 1.